The second-order valence-electron chi connectivity index (χ2n) is 4.41. The van der Waals surface area contributed by atoms with Gasteiger partial charge in [0.1, 0.15) is 5.69 Å². The highest BCUT2D eigenvalue weighted by atomic mass is 16.6. The SMILES string of the molecule is Cc1cn(Cc2cccc([N+](=O)[O-])c2NN)c(=O)[nH]c1=O. The number of hydrazine groups is 1. The molecule has 1 aromatic heterocycles. The van der Waals surface area contributed by atoms with Gasteiger partial charge in [0.25, 0.3) is 11.2 Å². The summed E-state index contributed by atoms with van der Waals surface area (Å²) >= 11 is 0. The minimum atomic E-state index is -0.597. The van der Waals surface area contributed by atoms with Gasteiger partial charge in [-0.25, -0.2) is 4.79 Å². The van der Waals surface area contributed by atoms with E-state index >= 15 is 0 Å². The molecule has 1 aromatic carbocycles. The van der Waals surface area contributed by atoms with Crippen LogP contribution in [0, 0.1) is 17.0 Å². The number of aromatic nitrogens is 2. The first-order valence-electron chi connectivity index (χ1n) is 5.97. The van der Waals surface area contributed by atoms with E-state index in [-0.39, 0.29) is 17.9 Å². The van der Waals surface area contributed by atoms with Gasteiger partial charge in [0, 0.05) is 23.4 Å². The summed E-state index contributed by atoms with van der Waals surface area (Å²) in [4.78, 5) is 35.6. The van der Waals surface area contributed by atoms with Gasteiger partial charge in [-0.3, -0.25) is 30.3 Å². The lowest BCUT2D eigenvalue weighted by atomic mass is 10.1. The minimum Gasteiger partial charge on any atom is -0.318 e. The van der Waals surface area contributed by atoms with E-state index in [1.54, 1.807) is 13.0 Å². The Hall–Kier alpha value is -2.94. The van der Waals surface area contributed by atoms with E-state index in [2.05, 4.69) is 10.4 Å². The molecule has 0 saturated heterocycles. The van der Waals surface area contributed by atoms with Gasteiger partial charge in [-0.15, -0.1) is 0 Å². The molecule has 0 unspecified atom stereocenters. The quantitative estimate of drug-likeness (QED) is 0.415. The molecule has 0 spiro atoms. The summed E-state index contributed by atoms with van der Waals surface area (Å²) in [7, 11) is 0. The molecule has 0 aliphatic rings. The molecule has 110 valence electrons. The number of nitro groups is 1. The smallest absolute Gasteiger partial charge is 0.318 e. The van der Waals surface area contributed by atoms with Crippen molar-refractivity contribution in [1.82, 2.24) is 9.55 Å². The molecule has 21 heavy (non-hydrogen) atoms. The van der Waals surface area contributed by atoms with Crippen LogP contribution in [0.1, 0.15) is 11.1 Å². The minimum absolute atomic E-state index is 0.0394. The van der Waals surface area contributed by atoms with Crippen molar-refractivity contribution in [3.63, 3.8) is 0 Å². The lowest BCUT2D eigenvalue weighted by molar-refractivity contribution is -0.384. The maximum atomic E-state index is 11.7. The number of nitrogens with one attached hydrogen (secondary N) is 2. The van der Waals surface area contributed by atoms with E-state index in [1.165, 1.54) is 22.9 Å². The van der Waals surface area contributed by atoms with E-state index < -0.39 is 16.2 Å². The van der Waals surface area contributed by atoms with E-state index in [0.29, 0.717) is 11.1 Å². The Morgan fingerprint density at radius 3 is 2.76 bits per heavy atom. The highest BCUT2D eigenvalue weighted by Crippen LogP contribution is 2.27. The Bertz CT molecular complexity index is 808. The van der Waals surface area contributed by atoms with Gasteiger partial charge in [0.15, 0.2) is 0 Å². The van der Waals surface area contributed by atoms with Gasteiger partial charge in [-0.2, -0.15) is 0 Å². The Labute approximate surface area is 118 Å². The number of hydrogen-bond donors (Lipinski definition) is 3. The van der Waals surface area contributed by atoms with Crippen LogP contribution in [0.15, 0.2) is 34.0 Å². The summed E-state index contributed by atoms with van der Waals surface area (Å²) in [6, 6.07) is 4.41. The Balaban J connectivity index is 2.52. The molecule has 4 N–H and O–H groups in total. The zero-order valence-electron chi connectivity index (χ0n) is 11.1. The number of aryl methyl sites for hydroxylation is 1. The lowest BCUT2D eigenvalue weighted by Gasteiger charge is -2.11. The van der Waals surface area contributed by atoms with E-state index in [4.69, 9.17) is 5.84 Å². The molecule has 0 fully saturated rings. The average Bonchev–Trinajstić information content (AvgIpc) is 2.44. The third kappa shape index (κ3) is 2.82. The average molecular weight is 291 g/mol. The summed E-state index contributed by atoms with van der Waals surface area (Å²) in [6.45, 7) is 1.60. The highest BCUT2D eigenvalue weighted by molar-refractivity contribution is 5.65. The van der Waals surface area contributed by atoms with Crippen molar-refractivity contribution in [2.75, 3.05) is 5.43 Å². The molecule has 9 heteroatoms. The van der Waals surface area contributed by atoms with Crippen molar-refractivity contribution in [2.45, 2.75) is 13.5 Å². The zero-order valence-corrected chi connectivity index (χ0v) is 11.1. The fraction of sp³-hybridized carbons (Fsp3) is 0.167. The molecule has 9 nitrogen and oxygen atoms in total. The summed E-state index contributed by atoms with van der Waals surface area (Å²) in [6.07, 6.45) is 1.39. The van der Waals surface area contributed by atoms with Crippen LogP contribution in [-0.2, 0) is 6.54 Å². The lowest BCUT2D eigenvalue weighted by Crippen LogP contribution is -2.31. The molecule has 0 aliphatic heterocycles. The third-order valence-corrected chi connectivity index (χ3v) is 3.00. The van der Waals surface area contributed by atoms with Crippen LogP contribution in [-0.4, -0.2) is 14.5 Å². The molecule has 0 bridgehead atoms. The maximum Gasteiger partial charge on any atom is 0.328 e. The van der Waals surface area contributed by atoms with Gasteiger partial charge in [0.2, 0.25) is 0 Å². The first-order chi connectivity index (χ1) is 9.93. The Morgan fingerprint density at radius 2 is 2.14 bits per heavy atom. The van der Waals surface area contributed by atoms with Gasteiger partial charge in [-0.1, -0.05) is 12.1 Å². The molecule has 0 amide bonds. The van der Waals surface area contributed by atoms with Crippen LogP contribution in [0.5, 0.6) is 0 Å². The molecule has 2 rings (SSSR count). The maximum absolute atomic E-state index is 11.7. The molecule has 2 aromatic rings. The third-order valence-electron chi connectivity index (χ3n) is 3.00. The second kappa shape index (κ2) is 5.59. The monoisotopic (exact) mass is 291 g/mol. The fourth-order valence-electron chi connectivity index (χ4n) is 1.96. The Kier molecular flexibility index (Phi) is 3.85. The van der Waals surface area contributed by atoms with Crippen molar-refractivity contribution >= 4 is 11.4 Å². The fourth-order valence-corrected chi connectivity index (χ4v) is 1.96. The number of nitrogen functional groups attached to an aromatic ring is 1. The van der Waals surface area contributed by atoms with Crippen molar-refractivity contribution in [2.24, 2.45) is 5.84 Å². The molecular formula is C12H13N5O4. The van der Waals surface area contributed by atoms with Crippen LogP contribution in [0.2, 0.25) is 0 Å². The summed E-state index contributed by atoms with van der Waals surface area (Å²) in [5.41, 5.74) is 1.97. The normalized spacial score (nSPS) is 10.4. The van der Waals surface area contributed by atoms with Crippen molar-refractivity contribution in [1.29, 1.82) is 0 Å². The molecule has 1 heterocycles. The molecular weight excluding hydrogens is 278 g/mol. The van der Waals surface area contributed by atoms with Crippen molar-refractivity contribution in [3.05, 3.63) is 66.5 Å². The zero-order chi connectivity index (χ0) is 15.6. The number of rotatable bonds is 4. The molecule has 0 aliphatic carbocycles. The molecule has 0 atom stereocenters. The number of hydrogen-bond acceptors (Lipinski definition) is 6. The highest BCUT2D eigenvalue weighted by Gasteiger charge is 2.17. The number of anilines is 1. The first kappa shape index (κ1) is 14.5. The van der Waals surface area contributed by atoms with Crippen molar-refractivity contribution in [3.8, 4) is 0 Å². The topological polar surface area (TPSA) is 136 Å². The first-order valence-corrected chi connectivity index (χ1v) is 5.97. The summed E-state index contributed by atoms with van der Waals surface area (Å²) < 4.78 is 1.25. The standard InChI is InChI=1S/C12H13N5O4/c1-7-5-16(12(19)14-11(7)18)6-8-3-2-4-9(17(20)21)10(8)15-13/h2-5,15H,6,13H2,1H3,(H,14,18,19). The predicted octanol–water partition coefficient (Wildman–Crippen LogP) is 0.0871. The van der Waals surface area contributed by atoms with Crippen LogP contribution in [0.4, 0.5) is 11.4 Å². The number of aromatic amines is 1. The molecule has 0 radical (unpaired) electrons. The number of benzene rings is 1. The number of nitro benzene ring substituents is 1. The van der Waals surface area contributed by atoms with Crippen LogP contribution in [0.25, 0.3) is 0 Å². The van der Waals surface area contributed by atoms with E-state index in [1.807, 2.05) is 0 Å². The van der Waals surface area contributed by atoms with Gasteiger partial charge in [0.05, 0.1) is 11.5 Å². The van der Waals surface area contributed by atoms with Crippen molar-refractivity contribution < 1.29 is 4.92 Å². The molecule has 0 saturated carbocycles. The van der Waals surface area contributed by atoms with Gasteiger partial charge >= 0.3 is 5.69 Å². The van der Waals surface area contributed by atoms with Crippen LogP contribution in [0.3, 0.4) is 0 Å². The summed E-state index contributed by atoms with van der Waals surface area (Å²) in [5, 5.41) is 10.9. The van der Waals surface area contributed by atoms with E-state index in [0.717, 1.165) is 0 Å². The van der Waals surface area contributed by atoms with E-state index in [9.17, 15) is 19.7 Å². The van der Waals surface area contributed by atoms with Gasteiger partial charge in [-0.05, 0) is 6.92 Å². The van der Waals surface area contributed by atoms with Crippen LogP contribution < -0.4 is 22.5 Å². The summed E-state index contributed by atoms with van der Waals surface area (Å²) in [5.74, 6) is 5.34. The number of nitrogens with zero attached hydrogens (tertiary/aromatic N) is 2. The predicted molar refractivity (Wildman–Crippen MR) is 76.1 cm³/mol. The Morgan fingerprint density at radius 1 is 1.43 bits per heavy atom. The van der Waals surface area contributed by atoms with Crippen LogP contribution >= 0.6 is 0 Å². The number of para-hydroxylation sites is 1. The number of H-pyrrole nitrogens is 1. The largest absolute Gasteiger partial charge is 0.328 e. The van der Waals surface area contributed by atoms with Gasteiger partial charge < -0.3 is 5.43 Å². The second-order valence-corrected chi connectivity index (χ2v) is 4.41. The number of nitrogens with two attached hydrogens (primary N) is 1.